The lowest BCUT2D eigenvalue weighted by Crippen LogP contribution is -2.08. The third kappa shape index (κ3) is 2.39. The molecule has 0 bridgehead atoms. The fraction of sp³-hybridized carbons (Fsp3) is 0.308. The number of nitrogens with one attached hydrogen (secondary N) is 2. The third-order valence-electron chi connectivity index (χ3n) is 3.50. The van der Waals surface area contributed by atoms with Crippen molar-refractivity contribution in [2.24, 2.45) is 0 Å². The molecule has 104 valence electrons. The van der Waals surface area contributed by atoms with E-state index in [0.29, 0.717) is 11.5 Å². The maximum Gasteiger partial charge on any atom is 0.288 e. The SMILES string of the molecule is O=[N+]([O-])c1cc(-c2cnc(C3CCNC3)[nH]2)ccc1Cl. The first kappa shape index (κ1) is 13.1. The highest BCUT2D eigenvalue weighted by atomic mass is 35.5. The molecule has 0 spiro atoms. The molecule has 0 amide bonds. The Morgan fingerprint density at radius 2 is 2.30 bits per heavy atom. The van der Waals surface area contributed by atoms with Crippen molar-refractivity contribution >= 4 is 17.3 Å². The van der Waals surface area contributed by atoms with Gasteiger partial charge in [0.1, 0.15) is 10.8 Å². The van der Waals surface area contributed by atoms with Gasteiger partial charge in [0, 0.05) is 24.1 Å². The highest BCUT2D eigenvalue weighted by Gasteiger charge is 2.20. The number of nitro groups is 1. The van der Waals surface area contributed by atoms with Crippen LogP contribution in [0, 0.1) is 10.1 Å². The summed E-state index contributed by atoms with van der Waals surface area (Å²) in [6, 6.07) is 4.75. The van der Waals surface area contributed by atoms with E-state index in [-0.39, 0.29) is 10.7 Å². The molecule has 1 unspecified atom stereocenters. The van der Waals surface area contributed by atoms with E-state index in [1.807, 2.05) is 0 Å². The van der Waals surface area contributed by atoms with E-state index in [4.69, 9.17) is 11.6 Å². The zero-order valence-corrected chi connectivity index (χ0v) is 11.4. The Morgan fingerprint density at radius 3 is 3.00 bits per heavy atom. The zero-order chi connectivity index (χ0) is 14.1. The summed E-state index contributed by atoms with van der Waals surface area (Å²) in [5.41, 5.74) is 1.39. The summed E-state index contributed by atoms with van der Waals surface area (Å²) in [6.07, 6.45) is 2.76. The average Bonchev–Trinajstić information content (AvgIpc) is 3.09. The van der Waals surface area contributed by atoms with Crippen molar-refractivity contribution < 1.29 is 4.92 Å². The summed E-state index contributed by atoms with van der Waals surface area (Å²) in [4.78, 5) is 18.0. The monoisotopic (exact) mass is 292 g/mol. The quantitative estimate of drug-likeness (QED) is 0.673. The van der Waals surface area contributed by atoms with Gasteiger partial charge in [-0.05, 0) is 19.0 Å². The number of H-pyrrole nitrogens is 1. The van der Waals surface area contributed by atoms with E-state index in [0.717, 1.165) is 31.0 Å². The number of nitrogens with zero attached hydrogens (tertiary/aromatic N) is 2. The largest absolute Gasteiger partial charge is 0.342 e. The number of hydrogen-bond donors (Lipinski definition) is 2. The molecule has 1 aromatic carbocycles. The van der Waals surface area contributed by atoms with Gasteiger partial charge in [-0.2, -0.15) is 0 Å². The Kier molecular flexibility index (Phi) is 3.42. The van der Waals surface area contributed by atoms with Crippen LogP contribution in [-0.4, -0.2) is 28.0 Å². The molecule has 0 aliphatic carbocycles. The molecule has 7 heteroatoms. The molecule has 2 heterocycles. The molecule has 1 aliphatic heterocycles. The van der Waals surface area contributed by atoms with Gasteiger partial charge in [-0.1, -0.05) is 17.7 Å². The van der Waals surface area contributed by atoms with E-state index in [9.17, 15) is 10.1 Å². The fourth-order valence-corrected chi connectivity index (χ4v) is 2.59. The smallest absolute Gasteiger partial charge is 0.288 e. The van der Waals surface area contributed by atoms with Crippen molar-refractivity contribution in [1.29, 1.82) is 0 Å². The number of imidazole rings is 1. The Balaban J connectivity index is 1.93. The lowest BCUT2D eigenvalue weighted by Gasteiger charge is -2.03. The van der Waals surface area contributed by atoms with Crippen LogP contribution in [0.15, 0.2) is 24.4 Å². The van der Waals surface area contributed by atoms with Crippen molar-refractivity contribution in [3.63, 3.8) is 0 Å². The molecular formula is C13H13ClN4O2. The predicted molar refractivity (Wildman–Crippen MR) is 75.9 cm³/mol. The van der Waals surface area contributed by atoms with Gasteiger partial charge in [0.15, 0.2) is 0 Å². The first-order chi connectivity index (χ1) is 9.65. The number of rotatable bonds is 3. The second kappa shape index (κ2) is 5.22. The molecule has 0 radical (unpaired) electrons. The van der Waals surface area contributed by atoms with Crippen LogP contribution in [0.25, 0.3) is 11.3 Å². The van der Waals surface area contributed by atoms with Crippen molar-refractivity contribution in [2.45, 2.75) is 12.3 Å². The number of aromatic nitrogens is 2. The molecule has 2 N–H and O–H groups in total. The summed E-state index contributed by atoms with van der Waals surface area (Å²) < 4.78 is 0. The Bertz CT molecular complexity index is 650. The van der Waals surface area contributed by atoms with E-state index in [1.54, 1.807) is 12.3 Å². The molecule has 6 nitrogen and oxygen atoms in total. The van der Waals surface area contributed by atoms with E-state index in [2.05, 4.69) is 15.3 Å². The molecule has 20 heavy (non-hydrogen) atoms. The van der Waals surface area contributed by atoms with Gasteiger partial charge in [-0.3, -0.25) is 10.1 Å². The first-order valence-corrected chi connectivity index (χ1v) is 6.73. The Labute approximate surface area is 120 Å². The number of aromatic amines is 1. The third-order valence-corrected chi connectivity index (χ3v) is 3.82. The maximum absolute atomic E-state index is 10.9. The van der Waals surface area contributed by atoms with Gasteiger partial charge >= 0.3 is 0 Å². The van der Waals surface area contributed by atoms with Gasteiger partial charge < -0.3 is 10.3 Å². The van der Waals surface area contributed by atoms with Gasteiger partial charge in [-0.15, -0.1) is 0 Å². The molecule has 1 aromatic heterocycles. The van der Waals surface area contributed by atoms with Gasteiger partial charge in [0.05, 0.1) is 16.8 Å². The lowest BCUT2D eigenvalue weighted by atomic mass is 10.1. The average molecular weight is 293 g/mol. The maximum atomic E-state index is 10.9. The van der Waals surface area contributed by atoms with Gasteiger partial charge in [-0.25, -0.2) is 4.98 Å². The molecule has 1 saturated heterocycles. The number of benzene rings is 1. The minimum atomic E-state index is -0.482. The van der Waals surface area contributed by atoms with E-state index < -0.39 is 4.92 Å². The highest BCUT2D eigenvalue weighted by molar-refractivity contribution is 6.32. The van der Waals surface area contributed by atoms with Crippen LogP contribution in [0.1, 0.15) is 18.2 Å². The van der Waals surface area contributed by atoms with E-state index >= 15 is 0 Å². The second-order valence-electron chi connectivity index (χ2n) is 4.80. The predicted octanol–water partition coefficient (Wildman–Crippen LogP) is 2.72. The van der Waals surface area contributed by atoms with Crippen LogP contribution in [-0.2, 0) is 0 Å². The summed E-state index contributed by atoms with van der Waals surface area (Å²) in [7, 11) is 0. The fourth-order valence-electron chi connectivity index (χ4n) is 2.40. The van der Waals surface area contributed by atoms with Gasteiger partial charge in [0.25, 0.3) is 5.69 Å². The summed E-state index contributed by atoms with van der Waals surface area (Å²) in [5.74, 6) is 1.30. The topological polar surface area (TPSA) is 83.8 Å². The van der Waals surface area contributed by atoms with Gasteiger partial charge in [0.2, 0.25) is 0 Å². The Morgan fingerprint density at radius 1 is 1.45 bits per heavy atom. The van der Waals surface area contributed by atoms with Crippen molar-refractivity contribution in [1.82, 2.24) is 15.3 Å². The Hall–Kier alpha value is -1.92. The van der Waals surface area contributed by atoms with Crippen LogP contribution >= 0.6 is 11.6 Å². The first-order valence-electron chi connectivity index (χ1n) is 6.35. The van der Waals surface area contributed by atoms with E-state index in [1.165, 1.54) is 12.1 Å². The van der Waals surface area contributed by atoms with Crippen molar-refractivity contribution in [3.8, 4) is 11.3 Å². The summed E-state index contributed by atoms with van der Waals surface area (Å²) in [6.45, 7) is 1.90. The molecule has 2 aromatic rings. The summed E-state index contributed by atoms with van der Waals surface area (Å²) in [5, 5.41) is 14.3. The highest BCUT2D eigenvalue weighted by Crippen LogP contribution is 2.30. The molecule has 0 saturated carbocycles. The normalized spacial score (nSPS) is 18.4. The van der Waals surface area contributed by atoms with Crippen molar-refractivity contribution in [2.75, 3.05) is 13.1 Å². The lowest BCUT2D eigenvalue weighted by molar-refractivity contribution is -0.384. The van der Waals surface area contributed by atoms with Crippen LogP contribution in [0.3, 0.4) is 0 Å². The van der Waals surface area contributed by atoms with Crippen LogP contribution in [0.5, 0.6) is 0 Å². The molecular weight excluding hydrogens is 280 g/mol. The standard InChI is InChI=1S/C13H13ClN4O2/c14-10-2-1-8(5-12(10)18(19)20)11-7-16-13(17-11)9-3-4-15-6-9/h1-2,5,7,9,15H,3-4,6H2,(H,16,17). The molecule has 1 fully saturated rings. The number of halogens is 1. The molecule has 3 rings (SSSR count). The molecule has 1 atom stereocenters. The second-order valence-corrected chi connectivity index (χ2v) is 5.20. The summed E-state index contributed by atoms with van der Waals surface area (Å²) >= 11 is 5.81. The van der Waals surface area contributed by atoms with Crippen LogP contribution in [0.2, 0.25) is 5.02 Å². The zero-order valence-electron chi connectivity index (χ0n) is 10.6. The van der Waals surface area contributed by atoms with Crippen LogP contribution in [0.4, 0.5) is 5.69 Å². The number of hydrogen-bond acceptors (Lipinski definition) is 4. The number of nitro benzene ring substituents is 1. The minimum absolute atomic E-state index is 0.0946. The van der Waals surface area contributed by atoms with Crippen molar-refractivity contribution in [3.05, 3.63) is 45.4 Å². The minimum Gasteiger partial charge on any atom is -0.342 e. The van der Waals surface area contributed by atoms with Crippen LogP contribution < -0.4 is 5.32 Å². The molecule has 1 aliphatic rings.